The minimum Gasteiger partial charge on any atom is -0.367 e. The number of aromatic nitrogens is 3. The monoisotopic (exact) mass is 342 g/mol. The Labute approximate surface area is 148 Å². The number of hydrogen-bond acceptors (Lipinski definition) is 6. The van der Waals surface area contributed by atoms with E-state index in [0.717, 1.165) is 49.8 Å². The van der Waals surface area contributed by atoms with Crippen molar-refractivity contribution in [2.24, 2.45) is 7.05 Å². The molecule has 0 spiro atoms. The summed E-state index contributed by atoms with van der Waals surface area (Å²) in [5, 5.41) is 3.52. The number of hydrogen-bond donors (Lipinski definition) is 1. The van der Waals surface area contributed by atoms with E-state index in [1.54, 1.807) is 17.0 Å². The zero-order chi connectivity index (χ0) is 17.8. The molecule has 7 heteroatoms. The predicted octanol–water partition coefficient (Wildman–Crippen LogP) is 1.32. The molecule has 3 heterocycles. The molecule has 0 radical (unpaired) electrons. The predicted molar refractivity (Wildman–Crippen MR) is 100.0 cm³/mol. The van der Waals surface area contributed by atoms with Crippen molar-refractivity contribution in [3.8, 4) is 0 Å². The molecule has 0 aliphatic carbocycles. The molecule has 0 aromatic carbocycles. The first-order chi connectivity index (χ1) is 12.0. The highest BCUT2D eigenvalue weighted by atomic mass is 16.1. The van der Waals surface area contributed by atoms with Crippen LogP contribution in [0, 0.1) is 0 Å². The molecule has 25 heavy (non-hydrogen) atoms. The second kappa shape index (κ2) is 7.65. The zero-order valence-corrected chi connectivity index (χ0v) is 15.1. The normalized spacial score (nSPS) is 16.0. The van der Waals surface area contributed by atoms with Crippen molar-refractivity contribution in [2.45, 2.75) is 25.4 Å². The van der Waals surface area contributed by atoms with Crippen molar-refractivity contribution in [3.63, 3.8) is 0 Å². The van der Waals surface area contributed by atoms with Gasteiger partial charge in [0.2, 0.25) is 5.56 Å². The summed E-state index contributed by atoms with van der Waals surface area (Å²) in [5.74, 6) is 1.78. The van der Waals surface area contributed by atoms with E-state index in [9.17, 15) is 4.79 Å². The Balaban J connectivity index is 1.54. The third-order valence-corrected chi connectivity index (χ3v) is 4.72. The van der Waals surface area contributed by atoms with Gasteiger partial charge in [-0.15, -0.1) is 0 Å². The van der Waals surface area contributed by atoms with Gasteiger partial charge >= 0.3 is 0 Å². The summed E-state index contributed by atoms with van der Waals surface area (Å²) in [6.07, 6.45) is 3.72. The number of anilines is 2. The topological polar surface area (TPSA) is 66.3 Å². The summed E-state index contributed by atoms with van der Waals surface area (Å²) >= 11 is 0. The van der Waals surface area contributed by atoms with Gasteiger partial charge in [0.05, 0.1) is 0 Å². The third-order valence-electron chi connectivity index (χ3n) is 4.72. The first kappa shape index (κ1) is 17.4. The minimum absolute atomic E-state index is 0.0505. The molecule has 1 aliphatic rings. The Morgan fingerprint density at radius 3 is 2.72 bits per heavy atom. The van der Waals surface area contributed by atoms with Crippen molar-refractivity contribution in [2.75, 3.05) is 37.4 Å². The third kappa shape index (κ3) is 4.36. The van der Waals surface area contributed by atoms with E-state index in [1.165, 1.54) is 0 Å². The lowest BCUT2D eigenvalue weighted by molar-refractivity contribution is 0.206. The van der Waals surface area contributed by atoms with E-state index >= 15 is 0 Å². The van der Waals surface area contributed by atoms with Crippen LogP contribution < -0.4 is 15.8 Å². The molecule has 1 fully saturated rings. The fourth-order valence-corrected chi connectivity index (χ4v) is 3.11. The number of pyridine rings is 1. The lowest BCUT2D eigenvalue weighted by Crippen LogP contribution is -2.39. The van der Waals surface area contributed by atoms with Crippen LogP contribution in [-0.4, -0.2) is 52.7 Å². The highest BCUT2D eigenvalue weighted by Gasteiger charge is 2.20. The van der Waals surface area contributed by atoms with Gasteiger partial charge in [0.1, 0.15) is 18.0 Å². The van der Waals surface area contributed by atoms with Crippen molar-refractivity contribution < 1.29 is 0 Å². The van der Waals surface area contributed by atoms with Gasteiger partial charge in [0, 0.05) is 64.6 Å². The first-order valence-electron chi connectivity index (χ1n) is 8.66. The first-order valence-corrected chi connectivity index (χ1v) is 8.66. The SMILES string of the molecule is CN(C)c1cc(NC2CCN(Cc3cccc(=O)n3C)CC2)ncn1. The molecular formula is C18H26N6O. The summed E-state index contributed by atoms with van der Waals surface area (Å²) in [5.41, 5.74) is 1.11. The van der Waals surface area contributed by atoms with Crippen LogP contribution in [0.4, 0.5) is 11.6 Å². The number of nitrogens with one attached hydrogen (secondary N) is 1. The van der Waals surface area contributed by atoms with E-state index in [0.29, 0.717) is 6.04 Å². The summed E-state index contributed by atoms with van der Waals surface area (Å²) < 4.78 is 1.73. The fourth-order valence-electron chi connectivity index (χ4n) is 3.11. The molecule has 0 bridgehead atoms. The van der Waals surface area contributed by atoms with E-state index in [2.05, 4.69) is 20.2 Å². The van der Waals surface area contributed by atoms with Crippen molar-refractivity contribution in [1.29, 1.82) is 0 Å². The second-order valence-electron chi connectivity index (χ2n) is 6.77. The molecule has 2 aromatic heterocycles. The lowest BCUT2D eigenvalue weighted by Gasteiger charge is -2.33. The van der Waals surface area contributed by atoms with Crippen LogP contribution in [0.1, 0.15) is 18.5 Å². The Morgan fingerprint density at radius 1 is 1.24 bits per heavy atom. The highest BCUT2D eigenvalue weighted by Crippen LogP contribution is 2.18. The average molecular weight is 342 g/mol. The van der Waals surface area contributed by atoms with Crippen molar-refractivity contribution in [1.82, 2.24) is 19.4 Å². The number of nitrogens with zero attached hydrogens (tertiary/aromatic N) is 5. The Morgan fingerprint density at radius 2 is 2.00 bits per heavy atom. The van der Waals surface area contributed by atoms with Crippen molar-refractivity contribution in [3.05, 3.63) is 46.6 Å². The molecule has 1 saturated heterocycles. The number of likely N-dealkylation sites (tertiary alicyclic amines) is 1. The van der Waals surface area contributed by atoms with E-state index in [4.69, 9.17) is 0 Å². The van der Waals surface area contributed by atoms with Crippen LogP contribution >= 0.6 is 0 Å². The minimum atomic E-state index is 0.0505. The van der Waals surface area contributed by atoms with Gasteiger partial charge in [-0.25, -0.2) is 9.97 Å². The maximum atomic E-state index is 11.7. The summed E-state index contributed by atoms with van der Waals surface area (Å²) in [6, 6.07) is 7.86. The maximum Gasteiger partial charge on any atom is 0.250 e. The molecule has 2 aromatic rings. The lowest BCUT2D eigenvalue weighted by atomic mass is 10.0. The molecule has 0 atom stereocenters. The Kier molecular flexibility index (Phi) is 5.33. The van der Waals surface area contributed by atoms with E-state index < -0.39 is 0 Å². The number of rotatable bonds is 5. The van der Waals surface area contributed by atoms with Crippen LogP contribution in [0.5, 0.6) is 0 Å². The molecule has 0 amide bonds. The summed E-state index contributed by atoms with van der Waals surface area (Å²) in [4.78, 5) is 24.7. The van der Waals surface area contributed by atoms with Crippen LogP contribution in [-0.2, 0) is 13.6 Å². The van der Waals surface area contributed by atoms with Crippen LogP contribution in [0.25, 0.3) is 0 Å². The van der Waals surface area contributed by atoms with Gasteiger partial charge in [0.25, 0.3) is 0 Å². The van der Waals surface area contributed by atoms with Gasteiger partial charge in [-0.2, -0.15) is 0 Å². The average Bonchev–Trinajstić information content (AvgIpc) is 2.61. The van der Waals surface area contributed by atoms with Crippen LogP contribution in [0.15, 0.2) is 35.4 Å². The zero-order valence-electron chi connectivity index (χ0n) is 15.1. The smallest absolute Gasteiger partial charge is 0.250 e. The van der Waals surface area contributed by atoms with Crippen LogP contribution in [0.3, 0.4) is 0 Å². The largest absolute Gasteiger partial charge is 0.367 e. The summed E-state index contributed by atoms with van der Waals surface area (Å²) in [7, 11) is 5.78. The molecule has 1 aliphatic heterocycles. The number of piperidine rings is 1. The van der Waals surface area contributed by atoms with Crippen LogP contribution in [0.2, 0.25) is 0 Å². The standard InChI is InChI=1S/C18H26N6O/c1-22(2)17-11-16(19-13-20-17)21-14-7-9-24(10-8-14)12-15-5-4-6-18(25)23(15)3/h4-6,11,13-14H,7-10,12H2,1-3H3,(H,19,20,21). The molecule has 3 rings (SSSR count). The maximum absolute atomic E-state index is 11.7. The summed E-state index contributed by atoms with van der Waals surface area (Å²) in [6.45, 7) is 2.83. The van der Waals surface area contributed by atoms with Crippen molar-refractivity contribution >= 4 is 11.6 Å². The molecule has 1 N–H and O–H groups in total. The molecule has 0 saturated carbocycles. The molecule has 7 nitrogen and oxygen atoms in total. The van der Waals surface area contributed by atoms with Gasteiger partial charge < -0.3 is 14.8 Å². The van der Waals surface area contributed by atoms with Gasteiger partial charge in [0.15, 0.2) is 0 Å². The van der Waals surface area contributed by atoms with Gasteiger partial charge in [-0.3, -0.25) is 9.69 Å². The second-order valence-corrected chi connectivity index (χ2v) is 6.77. The molecule has 0 unspecified atom stereocenters. The Bertz CT molecular complexity index is 764. The van der Waals surface area contributed by atoms with Gasteiger partial charge in [-0.05, 0) is 18.9 Å². The van der Waals surface area contributed by atoms with E-state index in [1.807, 2.05) is 44.2 Å². The molecule has 134 valence electrons. The highest BCUT2D eigenvalue weighted by molar-refractivity contribution is 5.47. The van der Waals surface area contributed by atoms with E-state index in [-0.39, 0.29) is 5.56 Å². The Hall–Kier alpha value is -2.41. The fraction of sp³-hybridized carbons (Fsp3) is 0.500. The molecular weight excluding hydrogens is 316 g/mol. The quantitative estimate of drug-likeness (QED) is 0.884. The van der Waals surface area contributed by atoms with Gasteiger partial charge in [-0.1, -0.05) is 6.07 Å².